The van der Waals surface area contributed by atoms with Crippen LogP contribution in [0.3, 0.4) is 0 Å². The largest absolute Gasteiger partial charge is 0.487 e. The number of amides is 2. The van der Waals surface area contributed by atoms with E-state index >= 15 is 0 Å². The lowest BCUT2D eigenvalue weighted by Crippen LogP contribution is -2.52. The smallest absolute Gasteiger partial charge is 0.400 e. The lowest BCUT2D eigenvalue weighted by molar-refractivity contribution is -0.155. The van der Waals surface area contributed by atoms with Crippen molar-refractivity contribution in [2.24, 2.45) is 0 Å². The van der Waals surface area contributed by atoms with Crippen molar-refractivity contribution in [3.63, 3.8) is 0 Å². The average molecular weight is 370 g/mol. The average Bonchev–Trinajstić information content (AvgIpc) is 2.82. The molecule has 0 aromatic heterocycles. The van der Waals surface area contributed by atoms with Crippen molar-refractivity contribution in [1.82, 2.24) is 9.80 Å². The molecule has 2 aliphatic heterocycles. The molecular weight excluding hydrogens is 343 g/mol. The summed E-state index contributed by atoms with van der Waals surface area (Å²) in [5.74, 6) is 1.03. The van der Waals surface area contributed by atoms with Crippen molar-refractivity contribution in [1.29, 1.82) is 0 Å². The van der Waals surface area contributed by atoms with E-state index < -0.39 is 11.8 Å². The first-order chi connectivity index (χ1) is 12.6. The summed E-state index contributed by atoms with van der Waals surface area (Å²) in [7, 11) is 1.28. The molecule has 1 aromatic carbocycles. The molecule has 2 aliphatic rings. The second-order valence-electron chi connectivity index (χ2n) is 8.18. The third-order valence-corrected chi connectivity index (χ3v) is 5.59. The van der Waals surface area contributed by atoms with Gasteiger partial charge in [-0.3, -0.25) is 9.59 Å². The Hall–Kier alpha value is -2.12. The summed E-state index contributed by atoms with van der Waals surface area (Å²) in [6.07, 6.45) is 1.97. The quantitative estimate of drug-likeness (QED) is 0.602. The van der Waals surface area contributed by atoms with E-state index in [0.29, 0.717) is 19.6 Å². The van der Waals surface area contributed by atoms with E-state index in [1.807, 2.05) is 64.0 Å². The number of benzene rings is 1. The summed E-state index contributed by atoms with van der Waals surface area (Å²) in [6.45, 7) is 9.68. The lowest BCUT2D eigenvalue weighted by atomic mass is 9.89. The zero-order chi connectivity index (χ0) is 19.8. The number of likely N-dealkylation sites (N-methyl/N-ethyl adjacent to an activating group) is 1. The molecule has 2 saturated heterocycles. The zero-order valence-corrected chi connectivity index (χ0v) is 16.7. The van der Waals surface area contributed by atoms with Crippen LogP contribution in [-0.4, -0.2) is 60.1 Å². The number of carbonyl (C=O) groups is 2. The second-order valence-corrected chi connectivity index (χ2v) is 8.18. The van der Waals surface area contributed by atoms with Crippen molar-refractivity contribution in [2.75, 3.05) is 20.1 Å². The topological polar surface area (TPSA) is 59.1 Å². The number of hydrogen-bond donors (Lipinski definition) is 0. The minimum absolute atomic E-state index is 0.349. The Labute approximate surface area is 161 Å². The predicted octanol–water partition coefficient (Wildman–Crippen LogP) is 2.13. The Kier molecular flexibility index (Phi) is 5.19. The SMILES string of the molecule is CN1CCN(Cc2ccc(/C=C/B3OC(C)(C)C(C)(C)O3)cc2)C(=O)C1=O. The van der Waals surface area contributed by atoms with Crippen molar-refractivity contribution in [3.8, 4) is 0 Å². The molecule has 2 heterocycles. The van der Waals surface area contributed by atoms with Crippen LogP contribution in [0.15, 0.2) is 30.2 Å². The number of carbonyl (C=O) groups excluding carboxylic acids is 2. The van der Waals surface area contributed by atoms with Gasteiger partial charge in [0.05, 0.1) is 11.2 Å². The van der Waals surface area contributed by atoms with E-state index in [1.165, 1.54) is 4.90 Å². The molecule has 27 heavy (non-hydrogen) atoms. The van der Waals surface area contributed by atoms with E-state index in [-0.39, 0.29) is 18.3 Å². The molecule has 0 spiro atoms. The molecule has 2 fully saturated rings. The van der Waals surface area contributed by atoms with Crippen LogP contribution in [0, 0.1) is 0 Å². The Balaban J connectivity index is 1.60. The van der Waals surface area contributed by atoms with E-state index in [1.54, 1.807) is 11.9 Å². The summed E-state index contributed by atoms with van der Waals surface area (Å²) < 4.78 is 11.9. The molecule has 0 unspecified atom stereocenters. The highest BCUT2D eigenvalue weighted by Gasteiger charge is 2.50. The molecule has 0 saturated carbocycles. The van der Waals surface area contributed by atoms with Crippen molar-refractivity contribution < 1.29 is 18.9 Å². The molecule has 6 nitrogen and oxygen atoms in total. The molecule has 0 aliphatic carbocycles. The van der Waals surface area contributed by atoms with Gasteiger partial charge < -0.3 is 19.1 Å². The molecule has 2 amide bonds. The van der Waals surface area contributed by atoms with Gasteiger partial charge in [-0.25, -0.2) is 0 Å². The number of nitrogens with zero attached hydrogens (tertiary/aromatic N) is 2. The van der Waals surface area contributed by atoms with Crippen LogP contribution in [0.1, 0.15) is 38.8 Å². The van der Waals surface area contributed by atoms with Crippen molar-refractivity contribution >= 4 is 25.0 Å². The Morgan fingerprint density at radius 3 is 2.19 bits per heavy atom. The van der Waals surface area contributed by atoms with Gasteiger partial charge in [0.25, 0.3) is 0 Å². The van der Waals surface area contributed by atoms with Gasteiger partial charge in [0, 0.05) is 26.7 Å². The van der Waals surface area contributed by atoms with E-state index in [0.717, 1.165) is 11.1 Å². The monoisotopic (exact) mass is 370 g/mol. The van der Waals surface area contributed by atoms with Crippen LogP contribution in [0.25, 0.3) is 6.08 Å². The van der Waals surface area contributed by atoms with Gasteiger partial charge in [0.15, 0.2) is 0 Å². The number of hydrogen-bond acceptors (Lipinski definition) is 4. The molecule has 0 radical (unpaired) electrons. The minimum Gasteiger partial charge on any atom is -0.400 e. The molecular formula is C20H27BN2O4. The summed E-state index contributed by atoms with van der Waals surface area (Å²) >= 11 is 0. The van der Waals surface area contributed by atoms with Crippen LogP contribution < -0.4 is 0 Å². The number of rotatable bonds is 4. The number of piperazine rings is 1. The standard InChI is InChI=1S/C20H27BN2O4/c1-19(2)20(3,4)27-21(26-19)11-10-15-6-8-16(9-7-15)14-23-13-12-22(5)17(24)18(23)25/h6-11H,12-14H2,1-5H3/b11-10+. The predicted molar refractivity (Wildman–Crippen MR) is 105 cm³/mol. The summed E-state index contributed by atoms with van der Waals surface area (Å²) in [5, 5.41) is 0. The van der Waals surface area contributed by atoms with Crippen LogP contribution in [0.4, 0.5) is 0 Å². The molecule has 0 atom stereocenters. The maximum atomic E-state index is 12.1. The van der Waals surface area contributed by atoms with Crippen LogP contribution >= 0.6 is 0 Å². The highest BCUT2D eigenvalue weighted by Crippen LogP contribution is 2.37. The third kappa shape index (κ3) is 4.09. The first-order valence-electron chi connectivity index (χ1n) is 9.26. The molecule has 0 N–H and O–H groups in total. The fraction of sp³-hybridized carbons (Fsp3) is 0.500. The third-order valence-electron chi connectivity index (χ3n) is 5.59. The van der Waals surface area contributed by atoms with Crippen LogP contribution in [0.5, 0.6) is 0 Å². The first-order valence-corrected chi connectivity index (χ1v) is 9.26. The molecule has 7 heteroatoms. The van der Waals surface area contributed by atoms with E-state index in [4.69, 9.17) is 9.31 Å². The summed E-state index contributed by atoms with van der Waals surface area (Å²) in [5.41, 5.74) is 1.32. The lowest BCUT2D eigenvalue weighted by Gasteiger charge is -2.32. The fourth-order valence-corrected chi connectivity index (χ4v) is 3.03. The molecule has 1 aromatic rings. The Morgan fingerprint density at radius 1 is 1.00 bits per heavy atom. The zero-order valence-electron chi connectivity index (χ0n) is 16.7. The Morgan fingerprint density at radius 2 is 1.59 bits per heavy atom. The molecule has 144 valence electrons. The highest BCUT2D eigenvalue weighted by atomic mass is 16.7. The van der Waals surface area contributed by atoms with Gasteiger partial charge in [-0.2, -0.15) is 0 Å². The van der Waals surface area contributed by atoms with Gasteiger partial charge in [-0.1, -0.05) is 36.3 Å². The van der Waals surface area contributed by atoms with Crippen LogP contribution in [0.2, 0.25) is 0 Å². The van der Waals surface area contributed by atoms with Gasteiger partial charge in [-0.15, -0.1) is 0 Å². The minimum atomic E-state index is -0.441. The van der Waals surface area contributed by atoms with Gasteiger partial charge in [-0.05, 0) is 38.8 Å². The van der Waals surface area contributed by atoms with Gasteiger partial charge in [0.1, 0.15) is 0 Å². The molecule has 3 rings (SSSR count). The van der Waals surface area contributed by atoms with Crippen molar-refractivity contribution in [2.45, 2.75) is 45.4 Å². The van der Waals surface area contributed by atoms with Crippen molar-refractivity contribution in [3.05, 3.63) is 41.4 Å². The first kappa shape index (κ1) is 19.6. The Bertz CT molecular complexity index is 742. The normalized spacial score (nSPS) is 22.2. The van der Waals surface area contributed by atoms with Crippen LogP contribution in [-0.2, 0) is 25.4 Å². The maximum Gasteiger partial charge on any atom is 0.487 e. The van der Waals surface area contributed by atoms with E-state index in [9.17, 15) is 9.59 Å². The molecule has 0 bridgehead atoms. The summed E-state index contributed by atoms with van der Waals surface area (Å²) in [6, 6.07) is 7.92. The van der Waals surface area contributed by atoms with Gasteiger partial charge in [0.2, 0.25) is 0 Å². The highest BCUT2D eigenvalue weighted by molar-refractivity contribution is 6.52. The summed E-state index contributed by atoms with van der Waals surface area (Å²) in [4.78, 5) is 26.9. The fourth-order valence-electron chi connectivity index (χ4n) is 3.03. The van der Waals surface area contributed by atoms with E-state index in [2.05, 4.69) is 0 Å². The van der Waals surface area contributed by atoms with Gasteiger partial charge >= 0.3 is 18.9 Å². The maximum absolute atomic E-state index is 12.1. The second kappa shape index (κ2) is 7.13.